The summed E-state index contributed by atoms with van der Waals surface area (Å²) < 4.78 is 4.34. The van der Waals surface area contributed by atoms with Crippen LogP contribution in [0.1, 0.15) is 19.3 Å². The zero-order valence-corrected chi connectivity index (χ0v) is 10.6. The van der Waals surface area contributed by atoms with Crippen LogP contribution in [0.25, 0.3) is 0 Å². The van der Waals surface area contributed by atoms with E-state index in [0.29, 0.717) is 0 Å². The first-order valence-corrected chi connectivity index (χ1v) is 6.30. The Morgan fingerprint density at radius 1 is 1.32 bits per heavy atom. The molecule has 1 saturated heterocycles. The number of hydrogen-bond donors (Lipinski definition) is 1. The maximum absolute atomic E-state index is 11.3. The molecule has 0 radical (unpaired) electrons. The summed E-state index contributed by atoms with van der Waals surface area (Å²) in [4.78, 5) is 28.0. The van der Waals surface area contributed by atoms with Gasteiger partial charge in [-0.2, -0.15) is 0 Å². The Kier molecular flexibility index (Phi) is 4.33. The lowest BCUT2D eigenvalue weighted by atomic mass is 9.93. The van der Waals surface area contributed by atoms with E-state index in [1.807, 2.05) is 12.1 Å². The summed E-state index contributed by atoms with van der Waals surface area (Å²) >= 11 is 0. The smallest absolute Gasteiger partial charge is 0.376 e. The van der Waals surface area contributed by atoms with Crippen molar-refractivity contribution in [1.29, 1.82) is 0 Å². The highest BCUT2D eigenvalue weighted by molar-refractivity contribution is 5.83. The quantitative estimate of drug-likeness (QED) is 0.656. The summed E-state index contributed by atoms with van der Waals surface area (Å²) in [6.07, 6.45) is 4.57. The molecule has 0 atom stereocenters. The standard InChI is InChI=1S/C13H17N3O3/c14-13(18)19-12(17)9-10-3-7-16(8-4-10)11-1-5-15-6-2-11/h1-2,5-6,10H,3-4,7-9H2,(H2,14,18). The average molecular weight is 263 g/mol. The summed E-state index contributed by atoms with van der Waals surface area (Å²) in [5, 5.41) is 0. The second-order valence-electron chi connectivity index (χ2n) is 4.63. The second-order valence-corrected chi connectivity index (χ2v) is 4.63. The Bertz CT molecular complexity index is 442. The first-order chi connectivity index (χ1) is 9.15. The third-order valence-electron chi connectivity index (χ3n) is 3.31. The molecule has 0 bridgehead atoms. The number of esters is 1. The van der Waals surface area contributed by atoms with Gasteiger partial charge < -0.3 is 15.4 Å². The molecule has 2 rings (SSSR count). The van der Waals surface area contributed by atoms with Crippen molar-refractivity contribution in [1.82, 2.24) is 4.98 Å². The molecule has 2 heterocycles. The molecule has 0 aromatic carbocycles. The molecular weight excluding hydrogens is 246 g/mol. The van der Waals surface area contributed by atoms with E-state index in [1.54, 1.807) is 12.4 Å². The van der Waals surface area contributed by atoms with E-state index < -0.39 is 12.1 Å². The first kappa shape index (κ1) is 13.3. The number of rotatable bonds is 3. The van der Waals surface area contributed by atoms with Gasteiger partial charge in [0.2, 0.25) is 0 Å². The molecule has 1 fully saturated rings. The number of pyridine rings is 1. The average Bonchev–Trinajstić information content (AvgIpc) is 2.39. The van der Waals surface area contributed by atoms with Crippen LogP contribution in [0.15, 0.2) is 24.5 Å². The molecule has 6 heteroatoms. The molecular formula is C13H17N3O3. The van der Waals surface area contributed by atoms with E-state index in [-0.39, 0.29) is 12.3 Å². The Morgan fingerprint density at radius 2 is 1.95 bits per heavy atom. The number of nitrogens with two attached hydrogens (primary N) is 1. The zero-order chi connectivity index (χ0) is 13.7. The SMILES string of the molecule is NC(=O)OC(=O)CC1CCN(c2ccncc2)CC1. The molecule has 102 valence electrons. The number of primary amides is 1. The molecule has 0 saturated carbocycles. The number of anilines is 1. The summed E-state index contributed by atoms with van der Waals surface area (Å²) in [7, 11) is 0. The van der Waals surface area contributed by atoms with Crippen LogP contribution < -0.4 is 10.6 Å². The van der Waals surface area contributed by atoms with Gasteiger partial charge >= 0.3 is 12.1 Å². The van der Waals surface area contributed by atoms with Crippen molar-refractivity contribution in [2.45, 2.75) is 19.3 Å². The minimum Gasteiger partial charge on any atom is -0.376 e. The summed E-state index contributed by atoms with van der Waals surface area (Å²) in [6.45, 7) is 1.77. The maximum Gasteiger partial charge on any atom is 0.412 e. The number of piperidine rings is 1. The minimum absolute atomic E-state index is 0.255. The fourth-order valence-electron chi connectivity index (χ4n) is 2.34. The Labute approximate surface area is 111 Å². The van der Waals surface area contributed by atoms with Crippen molar-refractivity contribution in [3.63, 3.8) is 0 Å². The molecule has 19 heavy (non-hydrogen) atoms. The van der Waals surface area contributed by atoms with Crippen LogP contribution in [0.2, 0.25) is 0 Å². The molecule has 0 unspecified atom stereocenters. The van der Waals surface area contributed by atoms with Gasteiger partial charge in [0.15, 0.2) is 0 Å². The van der Waals surface area contributed by atoms with E-state index in [4.69, 9.17) is 5.73 Å². The van der Waals surface area contributed by atoms with Gasteiger partial charge in [-0.05, 0) is 30.9 Å². The number of ether oxygens (including phenoxy) is 1. The number of aromatic nitrogens is 1. The van der Waals surface area contributed by atoms with Crippen molar-refractivity contribution in [3.8, 4) is 0 Å². The van der Waals surface area contributed by atoms with Gasteiger partial charge in [-0.15, -0.1) is 0 Å². The zero-order valence-electron chi connectivity index (χ0n) is 10.6. The lowest BCUT2D eigenvalue weighted by Crippen LogP contribution is -2.34. The van der Waals surface area contributed by atoms with Crippen LogP contribution in [0.3, 0.4) is 0 Å². The Hall–Kier alpha value is -2.11. The van der Waals surface area contributed by atoms with E-state index in [2.05, 4.69) is 14.6 Å². The monoisotopic (exact) mass is 263 g/mol. The van der Waals surface area contributed by atoms with Gasteiger partial charge in [-0.1, -0.05) is 0 Å². The molecule has 0 aliphatic carbocycles. The fraction of sp³-hybridized carbons (Fsp3) is 0.462. The molecule has 1 aliphatic rings. The van der Waals surface area contributed by atoms with Crippen LogP contribution in [-0.2, 0) is 9.53 Å². The van der Waals surface area contributed by atoms with Gasteiger partial charge in [0.25, 0.3) is 0 Å². The lowest BCUT2D eigenvalue weighted by molar-refractivity contribution is -0.138. The largest absolute Gasteiger partial charge is 0.412 e. The predicted molar refractivity (Wildman–Crippen MR) is 69.5 cm³/mol. The fourth-order valence-corrected chi connectivity index (χ4v) is 2.34. The van der Waals surface area contributed by atoms with Crippen molar-refractivity contribution in [2.75, 3.05) is 18.0 Å². The summed E-state index contributed by atoms with van der Waals surface area (Å²) in [6, 6.07) is 3.95. The molecule has 1 aromatic rings. The third kappa shape index (κ3) is 3.94. The van der Waals surface area contributed by atoms with Gasteiger partial charge in [-0.3, -0.25) is 9.78 Å². The van der Waals surface area contributed by atoms with Crippen LogP contribution in [0, 0.1) is 5.92 Å². The number of amides is 1. The number of carbonyl (C=O) groups is 2. The normalized spacial score (nSPS) is 16.1. The number of carbonyl (C=O) groups excluding carboxylic acids is 2. The van der Waals surface area contributed by atoms with Crippen molar-refractivity contribution < 1.29 is 14.3 Å². The van der Waals surface area contributed by atoms with Gasteiger partial charge in [-0.25, -0.2) is 4.79 Å². The van der Waals surface area contributed by atoms with Crippen LogP contribution in [0.5, 0.6) is 0 Å². The van der Waals surface area contributed by atoms with Gasteiger partial charge in [0, 0.05) is 37.6 Å². The summed E-state index contributed by atoms with van der Waals surface area (Å²) in [5.41, 5.74) is 5.95. The first-order valence-electron chi connectivity index (χ1n) is 6.30. The minimum atomic E-state index is -1.03. The van der Waals surface area contributed by atoms with E-state index in [9.17, 15) is 9.59 Å². The van der Waals surface area contributed by atoms with E-state index >= 15 is 0 Å². The van der Waals surface area contributed by atoms with E-state index in [1.165, 1.54) is 0 Å². The predicted octanol–water partition coefficient (Wildman–Crippen LogP) is 1.31. The van der Waals surface area contributed by atoms with Gasteiger partial charge in [0.05, 0.1) is 0 Å². The molecule has 6 nitrogen and oxygen atoms in total. The number of nitrogens with zero attached hydrogens (tertiary/aromatic N) is 2. The highest BCUT2D eigenvalue weighted by atomic mass is 16.6. The topological polar surface area (TPSA) is 85.5 Å². The second kappa shape index (κ2) is 6.17. The highest BCUT2D eigenvalue weighted by Gasteiger charge is 2.22. The van der Waals surface area contributed by atoms with Crippen molar-refractivity contribution >= 4 is 17.7 Å². The van der Waals surface area contributed by atoms with Gasteiger partial charge in [0.1, 0.15) is 0 Å². The molecule has 1 aromatic heterocycles. The van der Waals surface area contributed by atoms with Crippen molar-refractivity contribution in [2.24, 2.45) is 11.7 Å². The Morgan fingerprint density at radius 3 is 2.53 bits per heavy atom. The molecule has 1 aliphatic heterocycles. The van der Waals surface area contributed by atoms with Crippen LogP contribution in [-0.4, -0.2) is 30.1 Å². The van der Waals surface area contributed by atoms with Crippen LogP contribution in [0.4, 0.5) is 10.5 Å². The molecule has 1 amide bonds. The third-order valence-corrected chi connectivity index (χ3v) is 3.31. The highest BCUT2D eigenvalue weighted by Crippen LogP contribution is 2.24. The van der Waals surface area contributed by atoms with E-state index in [0.717, 1.165) is 31.6 Å². The maximum atomic E-state index is 11.3. The molecule has 2 N–H and O–H groups in total. The Balaban J connectivity index is 1.80. The van der Waals surface area contributed by atoms with Crippen LogP contribution >= 0.6 is 0 Å². The summed E-state index contributed by atoms with van der Waals surface area (Å²) in [5.74, 6) is -0.278. The van der Waals surface area contributed by atoms with Crippen molar-refractivity contribution in [3.05, 3.63) is 24.5 Å². The number of hydrogen-bond acceptors (Lipinski definition) is 5. The lowest BCUT2D eigenvalue weighted by Gasteiger charge is -2.33. The molecule has 0 spiro atoms.